The molecule has 18 heavy (non-hydrogen) atoms. The molecule has 1 aromatic carbocycles. The number of fused-ring (bicyclic) bond motifs is 1. The summed E-state index contributed by atoms with van der Waals surface area (Å²) in [6.45, 7) is -0.438. The number of aromatic nitrogens is 1. The van der Waals surface area contributed by atoms with E-state index in [1.807, 2.05) is 30.5 Å². The Balaban J connectivity index is 1.94. The van der Waals surface area contributed by atoms with E-state index in [-0.39, 0.29) is 12.3 Å². The van der Waals surface area contributed by atoms with Crippen LogP contribution >= 0.6 is 0 Å². The van der Waals surface area contributed by atoms with E-state index in [2.05, 4.69) is 10.3 Å². The minimum absolute atomic E-state index is 0.259. The Kier molecular flexibility index (Phi) is 3.62. The fourth-order valence-corrected chi connectivity index (χ4v) is 1.85. The van der Waals surface area contributed by atoms with Crippen molar-refractivity contribution in [3.05, 3.63) is 36.0 Å². The van der Waals surface area contributed by atoms with Crippen molar-refractivity contribution in [3.63, 3.8) is 0 Å². The van der Waals surface area contributed by atoms with Crippen molar-refractivity contribution in [2.24, 2.45) is 0 Å². The van der Waals surface area contributed by atoms with Crippen molar-refractivity contribution < 1.29 is 14.7 Å². The molecule has 0 aliphatic heterocycles. The summed E-state index contributed by atoms with van der Waals surface area (Å²) in [5.74, 6) is -1.57. The van der Waals surface area contributed by atoms with Gasteiger partial charge in [0.15, 0.2) is 0 Å². The van der Waals surface area contributed by atoms with Crippen LogP contribution in [0.4, 0.5) is 0 Å². The molecule has 0 fully saturated rings. The fraction of sp³-hybridized carbons (Fsp3) is 0.231. The van der Waals surface area contributed by atoms with Gasteiger partial charge in [0.1, 0.15) is 0 Å². The first kappa shape index (κ1) is 12.2. The Morgan fingerprint density at radius 1 is 1.28 bits per heavy atom. The topological polar surface area (TPSA) is 85.0 Å². The number of aliphatic carboxylic acids is 1. The molecule has 0 radical (unpaired) electrons. The number of carboxylic acid groups (broad SMARTS) is 1. The highest BCUT2D eigenvalue weighted by molar-refractivity contribution is 5.84. The number of carboxylic acids is 1. The number of carbonyl (C=O) groups excluding carboxylic acids is 2. The maximum Gasteiger partial charge on any atom is 0.220 e. The van der Waals surface area contributed by atoms with Crippen LogP contribution in [-0.4, -0.2) is 23.4 Å². The number of para-hydroxylation sites is 1. The molecular weight excluding hydrogens is 232 g/mol. The average Bonchev–Trinajstić information content (AvgIpc) is 2.77. The quantitative estimate of drug-likeness (QED) is 0.775. The molecule has 0 bridgehead atoms. The van der Waals surface area contributed by atoms with Gasteiger partial charge in [-0.2, -0.15) is 0 Å². The van der Waals surface area contributed by atoms with Crippen LogP contribution in [-0.2, 0) is 16.0 Å². The van der Waals surface area contributed by atoms with Gasteiger partial charge in [0.2, 0.25) is 5.91 Å². The van der Waals surface area contributed by atoms with Gasteiger partial charge in [0.25, 0.3) is 0 Å². The first-order valence-electron chi connectivity index (χ1n) is 5.68. The van der Waals surface area contributed by atoms with Crippen LogP contribution in [0, 0.1) is 0 Å². The van der Waals surface area contributed by atoms with Crippen molar-refractivity contribution >= 4 is 22.8 Å². The van der Waals surface area contributed by atoms with Crippen LogP contribution < -0.4 is 10.4 Å². The molecule has 0 atom stereocenters. The predicted molar refractivity (Wildman–Crippen MR) is 64.6 cm³/mol. The number of aromatic amines is 1. The average molecular weight is 245 g/mol. The molecule has 5 nitrogen and oxygen atoms in total. The van der Waals surface area contributed by atoms with Gasteiger partial charge in [0.05, 0.1) is 12.5 Å². The number of nitrogens with one attached hydrogen (secondary N) is 2. The lowest BCUT2D eigenvalue weighted by Gasteiger charge is -2.05. The van der Waals surface area contributed by atoms with Crippen molar-refractivity contribution in [3.8, 4) is 0 Å². The minimum Gasteiger partial charge on any atom is -0.548 e. The molecule has 0 saturated heterocycles. The molecule has 1 amide bonds. The third-order valence-corrected chi connectivity index (χ3v) is 2.73. The third kappa shape index (κ3) is 2.88. The molecule has 2 rings (SSSR count). The van der Waals surface area contributed by atoms with Gasteiger partial charge in [-0.15, -0.1) is 0 Å². The molecule has 0 spiro atoms. The fourth-order valence-electron chi connectivity index (χ4n) is 1.85. The number of hydrogen-bond donors (Lipinski definition) is 2. The van der Waals surface area contributed by atoms with Gasteiger partial charge in [-0.3, -0.25) is 4.79 Å². The van der Waals surface area contributed by atoms with Crippen LogP contribution in [0.1, 0.15) is 12.0 Å². The Bertz CT molecular complexity index is 574. The summed E-state index contributed by atoms with van der Waals surface area (Å²) in [7, 11) is 0. The summed E-state index contributed by atoms with van der Waals surface area (Å²) < 4.78 is 0. The molecule has 2 N–H and O–H groups in total. The Labute approximate surface area is 104 Å². The highest BCUT2D eigenvalue weighted by Gasteiger charge is 2.06. The molecule has 94 valence electrons. The summed E-state index contributed by atoms with van der Waals surface area (Å²) in [6, 6.07) is 7.83. The van der Waals surface area contributed by atoms with Gasteiger partial charge in [-0.05, 0) is 18.1 Å². The second-order valence-electron chi connectivity index (χ2n) is 4.01. The van der Waals surface area contributed by atoms with Crippen molar-refractivity contribution in [1.29, 1.82) is 0 Å². The maximum atomic E-state index is 11.4. The minimum atomic E-state index is -1.28. The third-order valence-electron chi connectivity index (χ3n) is 2.73. The van der Waals surface area contributed by atoms with Gasteiger partial charge in [0, 0.05) is 23.5 Å². The Morgan fingerprint density at radius 2 is 2.06 bits per heavy atom. The predicted octanol–water partition coefficient (Wildman–Crippen LogP) is -0.0334. The molecule has 1 aromatic heterocycles. The summed E-state index contributed by atoms with van der Waals surface area (Å²) in [5.41, 5.74) is 2.08. The highest BCUT2D eigenvalue weighted by atomic mass is 16.4. The van der Waals surface area contributed by atoms with Crippen molar-refractivity contribution in [2.45, 2.75) is 12.8 Å². The molecule has 0 aliphatic rings. The summed E-state index contributed by atoms with van der Waals surface area (Å²) in [4.78, 5) is 24.7. The second-order valence-corrected chi connectivity index (χ2v) is 4.01. The van der Waals surface area contributed by atoms with Crippen LogP contribution in [0.3, 0.4) is 0 Å². The molecule has 5 heteroatoms. The Morgan fingerprint density at radius 3 is 2.83 bits per heavy atom. The van der Waals surface area contributed by atoms with E-state index in [1.54, 1.807) is 0 Å². The first-order valence-corrected chi connectivity index (χ1v) is 5.68. The lowest BCUT2D eigenvalue weighted by atomic mass is 10.1. The smallest absolute Gasteiger partial charge is 0.220 e. The zero-order chi connectivity index (χ0) is 13.0. The van der Waals surface area contributed by atoms with E-state index in [1.165, 1.54) is 0 Å². The lowest BCUT2D eigenvalue weighted by molar-refractivity contribution is -0.304. The molecular formula is C13H13N2O3-. The van der Waals surface area contributed by atoms with E-state index in [0.29, 0.717) is 6.42 Å². The first-order chi connectivity index (χ1) is 8.66. The van der Waals surface area contributed by atoms with Gasteiger partial charge in [-0.25, -0.2) is 0 Å². The van der Waals surface area contributed by atoms with Crippen molar-refractivity contribution in [1.82, 2.24) is 10.3 Å². The van der Waals surface area contributed by atoms with Crippen LogP contribution in [0.2, 0.25) is 0 Å². The maximum absolute atomic E-state index is 11.4. The monoisotopic (exact) mass is 245 g/mol. The van der Waals surface area contributed by atoms with Crippen molar-refractivity contribution in [2.75, 3.05) is 6.54 Å². The number of H-pyrrole nitrogens is 1. The number of benzene rings is 1. The van der Waals surface area contributed by atoms with Crippen LogP contribution in [0.15, 0.2) is 30.5 Å². The molecule has 0 aliphatic carbocycles. The van der Waals surface area contributed by atoms with Crippen LogP contribution in [0.5, 0.6) is 0 Å². The van der Waals surface area contributed by atoms with E-state index in [4.69, 9.17) is 0 Å². The summed E-state index contributed by atoms with van der Waals surface area (Å²) >= 11 is 0. The van der Waals surface area contributed by atoms with E-state index in [0.717, 1.165) is 16.5 Å². The van der Waals surface area contributed by atoms with Gasteiger partial charge in [-0.1, -0.05) is 18.2 Å². The lowest BCUT2D eigenvalue weighted by Crippen LogP contribution is -2.37. The zero-order valence-electron chi connectivity index (χ0n) is 9.73. The standard InChI is InChI=1S/C13H14N2O3/c16-12(15-8-13(17)18)6-5-9-7-14-11-4-2-1-3-10(9)11/h1-4,7,14H,5-6,8H2,(H,15,16)(H,17,18)/p-1. The van der Waals surface area contributed by atoms with E-state index < -0.39 is 12.5 Å². The largest absolute Gasteiger partial charge is 0.548 e. The number of aryl methyl sites for hydroxylation is 1. The molecule has 0 unspecified atom stereocenters. The SMILES string of the molecule is O=C([O-])CNC(=O)CCc1c[nH]c2ccccc12. The number of hydrogen-bond acceptors (Lipinski definition) is 3. The van der Waals surface area contributed by atoms with Crippen LogP contribution in [0.25, 0.3) is 10.9 Å². The highest BCUT2D eigenvalue weighted by Crippen LogP contribution is 2.18. The van der Waals surface area contributed by atoms with Gasteiger partial charge < -0.3 is 20.2 Å². The number of amides is 1. The van der Waals surface area contributed by atoms with E-state index >= 15 is 0 Å². The number of rotatable bonds is 5. The summed E-state index contributed by atoms with van der Waals surface area (Å²) in [6.07, 6.45) is 2.70. The number of carbonyl (C=O) groups is 2. The van der Waals surface area contributed by atoms with E-state index in [9.17, 15) is 14.7 Å². The normalized spacial score (nSPS) is 10.4. The molecule has 2 aromatic rings. The van der Waals surface area contributed by atoms with Gasteiger partial charge >= 0.3 is 0 Å². The molecule has 0 saturated carbocycles. The zero-order valence-corrected chi connectivity index (χ0v) is 9.73. The summed E-state index contributed by atoms with van der Waals surface area (Å²) in [5, 5.41) is 13.6. The second kappa shape index (κ2) is 5.35. The Hall–Kier alpha value is -2.30. The molecule has 1 heterocycles.